The Labute approximate surface area is 138 Å². The van der Waals surface area contributed by atoms with Crippen LogP contribution in [0.25, 0.3) is 0 Å². The number of aryl methyl sites for hydroxylation is 1. The number of nitrogens with zero attached hydrogens (tertiary/aromatic N) is 4. The topological polar surface area (TPSA) is 50.3 Å². The Morgan fingerprint density at radius 2 is 2.09 bits per heavy atom. The first kappa shape index (κ1) is 16.0. The number of fused-ring (bicyclic) bond motifs is 1. The summed E-state index contributed by atoms with van der Waals surface area (Å²) in [5, 5.41) is 0. The van der Waals surface area contributed by atoms with E-state index < -0.39 is 0 Å². The predicted octanol–water partition coefficient (Wildman–Crippen LogP) is 2.24. The van der Waals surface area contributed by atoms with Crippen LogP contribution in [0.15, 0.2) is 36.9 Å². The minimum atomic E-state index is 0.359. The number of hydrogen-bond donors (Lipinski definition) is 1. The second-order valence-electron chi connectivity index (χ2n) is 6.47. The molecule has 5 heteroatoms. The highest BCUT2D eigenvalue weighted by Gasteiger charge is 2.30. The van der Waals surface area contributed by atoms with Gasteiger partial charge in [0, 0.05) is 57.9 Å². The van der Waals surface area contributed by atoms with E-state index in [1.165, 1.54) is 29.7 Å². The zero-order valence-electron chi connectivity index (χ0n) is 14.2. The number of unbranched alkanes of at least 4 members (excludes halogenated alkanes) is 1. The fraction of sp³-hybridized carbons (Fsp3) is 0.500. The fourth-order valence-electron chi connectivity index (χ4n) is 3.54. The number of anilines is 1. The molecule has 0 bridgehead atoms. The van der Waals surface area contributed by atoms with Gasteiger partial charge in [0.05, 0.1) is 6.33 Å². The van der Waals surface area contributed by atoms with Gasteiger partial charge in [-0.05, 0) is 36.6 Å². The van der Waals surface area contributed by atoms with Crippen molar-refractivity contribution < 1.29 is 0 Å². The Kier molecular flexibility index (Phi) is 4.98. The number of benzene rings is 1. The molecule has 2 heterocycles. The molecule has 1 aromatic heterocycles. The van der Waals surface area contributed by atoms with Crippen molar-refractivity contribution in [3.63, 3.8) is 0 Å². The van der Waals surface area contributed by atoms with Crippen molar-refractivity contribution in [2.45, 2.75) is 32.0 Å². The van der Waals surface area contributed by atoms with E-state index in [-0.39, 0.29) is 0 Å². The average molecular weight is 313 g/mol. The smallest absolute Gasteiger partial charge is 0.0945 e. The molecule has 0 aliphatic carbocycles. The summed E-state index contributed by atoms with van der Waals surface area (Å²) in [6, 6.07) is 6.96. The maximum absolute atomic E-state index is 6.08. The molecule has 0 amide bonds. The molecule has 0 saturated heterocycles. The van der Waals surface area contributed by atoms with Gasteiger partial charge in [-0.15, -0.1) is 0 Å². The molecule has 124 valence electrons. The van der Waals surface area contributed by atoms with Gasteiger partial charge in [-0.2, -0.15) is 0 Å². The molecular weight excluding hydrogens is 286 g/mol. The van der Waals surface area contributed by atoms with E-state index in [0.29, 0.717) is 12.6 Å². The Morgan fingerprint density at radius 1 is 1.26 bits per heavy atom. The second kappa shape index (κ2) is 7.15. The Hall–Kier alpha value is -1.85. The second-order valence-corrected chi connectivity index (χ2v) is 6.47. The van der Waals surface area contributed by atoms with Crippen molar-refractivity contribution in [1.82, 2.24) is 14.5 Å². The molecule has 1 atom stereocenters. The van der Waals surface area contributed by atoms with Crippen LogP contribution in [-0.4, -0.2) is 41.6 Å². The van der Waals surface area contributed by atoms with Gasteiger partial charge in [0.25, 0.3) is 0 Å². The standard InChI is InChI=1S/C18H27N5/c1-21(2)17-7-5-6-15-16(17)13-23(18(15)12-19)10-4-3-9-22-11-8-20-14-22/h5-8,11,14,18H,3-4,9-10,12-13,19H2,1-2H3. The van der Waals surface area contributed by atoms with Gasteiger partial charge in [0.1, 0.15) is 0 Å². The average Bonchev–Trinajstić information content (AvgIpc) is 3.17. The van der Waals surface area contributed by atoms with Gasteiger partial charge in [-0.25, -0.2) is 4.98 Å². The summed E-state index contributed by atoms with van der Waals surface area (Å²) in [6.07, 6.45) is 8.10. The third kappa shape index (κ3) is 3.41. The van der Waals surface area contributed by atoms with Crippen molar-refractivity contribution in [2.24, 2.45) is 5.73 Å². The molecular formula is C18H27N5. The molecule has 2 aromatic rings. The molecule has 3 rings (SSSR count). The van der Waals surface area contributed by atoms with Crippen LogP contribution in [0.2, 0.25) is 0 Å². The van der Waals surface area contributed by atoms with Gasteiger partial charge in [0.15, 0.2) is 0 Å². The Bertz CT molecular complexity index is 620. The predicted molar refractivity (Wildman–Crippen MR) is 94.4 cm³/mol. The monoisotopic (exact) mass is 313 g/mol. The molecule has 23 heavy (non-hydrogen) atoms. The van der Waals surface area contributed by atoms with Gasteiger partial charge in [-0.3, -0.25) is 4.90 Å². The van der Waals surface area contributed by atoms with E-state index in [4.69, 9.17) is 5.73 Å². The normalized spacial score (nSPS) is 17.4. The summed E-state index contributed by atoms with van der Waals surface area (Å²) in [6.45, 7) is 3.83. The highest BCUT2D eigenvalue weighted by molar-refractivity contribution is 5.58. The number of hydrogen-bond acceptors (Lipinski definition) is 4. The van der Waals surface area contributed by atoms with E-state index in [1.807, 2.05) is 18.7 Å². The summed E-state index contributed by atoms with van der Waals surface area (Å²) < 4.78 is 2.14. The molecule has 0 radical (unpaired) electrons. The minimum Gasteiger partial charge on any atom is -0.377 e. The number of rotatable bonds is 7. The summed E-state index contributed by atoms with van der Waals surface area (Å²) in [4.78, 5) is 8.82. The van der Waals surface area contributed by atoms with Crippen LogP contribution in [0.1, 0.15) is 30.0 Å². The highest BCUT2D eigenvalue weighted by Crippen LogP contribution is 2.38. The molecule has 0 fully saturated rings. The van der Waals surface area contributed by atoms with E-state index in [9.17, 15) is 0 Å². The van der Waals surface area contributed by atoms with E-state index in [2.05, 4.69) is 51.6 Å². The molecule has 1 aliphatic heterocycles. The largest absolute Gasteiger partial charge is 0.377 e. The molecule has 1 aliphatic rings. The van der Waals surface area contributed by atoms with Gasteiger partial charge in [0.2, 0.25) is 0 Å². The van der Waals surface area contributed by atoms with Crippen LogP contribution < -0.4 is 10.6 Å². The van der Waals surface area contributed by atoms with Crippen LogP contribution in [0.5, 0.6) is 0 Å². The van der Waals surface area contributed by atoms with E-state index in [1.54, 1.807) is 0 Å². The third-order valence-corrected chi connectivity index (χ3v) is 4.72. The first-order valence-corrected chi connectivity index (χ1v) is 8.39. The van der Waals surface area contributed by atoms with E-state index in [0.717, 1.165) is 19.6 Å². The summed E-state index contributed by atoms with van der Waals surface area (Å²) in [5.41, 5.74) is 10.3. The van der Waals surface area contributed by atoms with Crippen LogP contribution in [0, 0.1) is 0 Å². The zero-order valence-corrected chi connectivity index (χ0v) is 14.2. The lowest BCUT2D eigenvalue weighted by Gasteiger charge is -2.23. The van der Waals surface area contributed by atoms with Gasteiger partial charge >= 0.3 is 0 Å². The first-order valence-electron chi connectivity index (χ1n) is 8.39. The summed E-state index contributed by atoms with van der Waals surface area (Å²) in [5.74, 6) is 0. The van der Waals surface area contributed by atoms with Crippen molar-refractivity contribution in [1.29, 1.82) is 0 Å². The molecule has 0 saturated carbocycles. The van der Waals surface area contributed by atoms with Crippen LogP contribution in [-0.2, 0) is 13.1 Å². The maximum Gasteiger partial charge on any atom is 0.0945 e. The van der Waals surface area contributed by atoms with Crippen LogP contribution in [0.4, 0.5) is 5.69 Å². The lowest BCUT2D eigenvalue weighted by Crippen LogP contribution is -2.29. The highest BCUT2D eigenvalue weighted by atomic mass is 15.2. The zero-order chi connectivity index (χ0) is 16.2. The van der Waals surface area contributed by atoms with E-state index >= 15 is 0 Å². The number of aromatic nitrogens is 2. The third-order valence-electron chi connectivity index (χ3n) is 4.72. The lowest BCUT2D eigenvalue weighted by atomic mass is 10.0. The van der Waals surface area contributed by atoms with Crippen molar-refractivity contribution in [2.75, 3.05) is 32.1 Å². The Balaban J connectivity index is 1.61. The van der Waals surface area contributed by atoms with Crippen molar-refractivity contribution in [3.8, 4) is 0 Å². The number of nitrogens with two attached hydrogens (primary N) is 1. The molecule has 2 N–H and O–H groups in total. The maximum atomic E-state index is 6.08. The summed E-state index contributed by atoms with van der Waals surface area (Å²) in [7, 11) is 4.22. The molecule has 0 spiro atoms. The van der Waals surface area contributed by atoms with Gasteiger partial charge < -0.3 is 15.2 Å². The van der Waals surface area contributed by atoms with Crippen LogP contribution >= 0.6 is 0 Å². The van der Waals surface area contributed by atoms with Gasteiger partial charge in [-0.1, -0.05) is 12.1 Å². The lowest BCUT2D eigenvalue weighted by molar-refractivity contribution is 0.214. The quantitative estimate of drug-likeness (QED) is 0.797. The first-order chi connectivity index (χ1) is 11.2. The van der Waals surface area contributed by atoms with Crippen molar-refractivity contribution >= 4 is 5.69 Å². The SMILES string of the molecule is CN(C)c1cccc2c1CN(CCCCn1ccnc1)C2CN. The molecule has 1 aromatic carbocycles. The minimum absolute atomic E-state index is 0.359. The van der Waals surface area contributed by atoms with Crippen molar-refractivity contribution in [3.05, 3.63) is 48.0 Å². The summed E-state index contributed by atoms with van der Waals surface area (Å²) >= 11 is 0. The molecule has 5 nitrogen and oxygen atoms in total. The molecule has 1 unspecified atom stereocenters. The fourth-order valence-corrected chi connectivity index (χ4v) is 3.54. The number of imidazole rings is 1. The Morgan fingerprint density at radius 3 is 2.78 bits per heavy atom. The van der Waals surface area contributed by atoms with Crippen LogP contribution in [0.3, 0.4) is 0 Å².